The minimum Gasteiger partial charge on any atom is -0.491 e. The quantitative estimate of drug-likeness (QED) is 0.636. The maximum atomic E-state index is 13.0. The molecule has 1 unspecified atom stereocenters. The Morgan fingerprint density at radius 3 is 2.38 bits per heavy atom. The van der Waals surface area contributed by atoms with E-state index in [1.807, 2.05) is 30.3 Å². The Morgan fingerprint density at radius 1 is 1.04 bits per heavy atom. The van der Waals surface area contributed by atoms with Gasteiger partial charge in [0.15, 0.2) is 0 Å². The normalized spacial score (nSPS) is 11.6. The molecule has 0 saturated heterocycles. The molecule has 0 bridgehead atoms. The standard InChI is InChI=1S/C19H20FNO5/c20-15-8-6-14(7-9-15)17(12-19(23)24)21-18(22)13-25-10-11-26-16-4-2-1-3-5-16/h1-9,17H,10-13H2,(H,21,22)(H,23,24). The lowest BCUT2D eigenvalue weighted by atomic mass is 10.0. The number of carbonyl (C=O) groups excluding carboxylic acids is 1. The van der Waals surface area contributed by atoms with Crippen molar-refractivity contribution < 1.29 is 28.6 Å². The van der Waals surface area contributed by atoms with E-state index in [4.69, 9.17) is 14.6 Å². The molecule has 0 saturated carbocycles. The number of amides is 1. The van der Waals surface area contributed by atoms with Crippen LogP contribution in [0.25, 0.3) is 0 Å². The lowest BCUT2D eigenvalue weighted by molar-refractivity contribution is -0.138. The summed E-state index contributed by atoms with van der Waals surface area (Å²) in [6.45, 7) is 0.270. The van der Waals surface area contributed by atoms with E-state index >= 15 is 0 Å². The van der Waals surface area contributed by atoms with Gasteiger partial charge in [0.05, 0.1) is 19.1 Å². The fourth-order valence-electron chi connectivity index (χ4n) is 2.26. The van der Waals surface area contributed by atoms with Crippen molar-refractivity contribution >= 4 is 11.9 Å². The molecule has 0 spiro atoms. The summed E-state index contributed by atoms with van der Waals surface area (Å²) < 4.78 is 23.7. The van der Waals surface area contributed by atoms with E-state index in [0.717, 1.165) is 0 Å². The van der Waals surface area contributed by atoms with Gasteiger partial charge in [-0.3, -0.25) is 9.59 Å². The molecular weight excluding hydrogens is 341 g/mol. The molecule has 0 aliphatic carbocycles. The highest BCUT2D eigenvalue weighted by molar-refractivity contribution is 5.78. The summed E-state index contributed by atoms with van der Waals surface area (Å²) in [5.74, 6) is -1.26. The van der Waals surface area contributed by atoms with Crippen LogP contribution in [0.3, 0.4) is 0 Å². The SMILES string of the molecule is O=C(O)CC(NC(=O)COCCOc1ccccc1)c1ccc(F)cc1. The number of carboxylic acid groups (broad SMARTS) is 1. The molecule has 2 rings (SSSR count). The summed E-state index contributed by atoms with van der Waals surface area (Å²) in [6.07, 6.45) is -0.311. The number of halogens is 1. The summed E-state index contributed by atoms with van der Waals surface area (Å²) in [4.78, 5) is 23.0. The fourth-order valence-corrected chi connectivity index (χ4v) is 2.26. The molecule has 2 aromatic rings. The van der Waals surface area contributed by atoms with E-state index in [-0.39, 0.29) is 26.2 Å². The number of carbonyl (C=O) groups is 2. The Bertz CT molecular complexity index is 706. The van der Waals surface area contributed by atoms with Crippen molar-refractivity contribution in [1.29, 1.82) is 0 Å². The highest BCUT2D eigenvalue weighted by Crippen LogP contribution is 2.17. The summed E-state index contributed by atoms with van der Waals surface area (Å²) in [7, 11) is 0. The molecule has 0 radical (unpaired) electrons. The van der Waals surface area contributed by atoms with Crippen LogP contribution in [0.1, 0.15) is 18.0 Å². The average Bonchev–Trinajstić information content (AvgIpc) is 2.62. The molecular formula is C19H20FNO5. The Kier molecular flexibility index (Phi) is 7.57. The molecule has 1 amide bonds. The molecule has 0 fully saturated rings. The van der Waals surface area contributed by atoms with Crippen molar-refractivity contribution in [3.05, 3.63) is 66.0 Å². The number of aliphatic carboxylic acids is 1. The Balaban J connectivity index is 1.76. The highest BCUT2D eigenvalue weighted by atomic mass is 19.1. The molecule has 26 heavy (non-hydrogen) atoms. The zero-order valence-electron chi connectivity index (χ0n) is 14.1. The minimum absolute atomic E-state index is 0.211. The number of nitrogens with one attached hydrogen (secondary N) is 1. The molecule has 1 atom stereocenters. The van der Waals surface area contributed by atoms with Gasteiger partial charge in [-0.15, -0.1) is 0 Å². The zero-order chi connectivity index (χ0) is 18.8. The number of hydrogen-bond acceptors (Lipinski definition) is 4. The maximum absolute atomic E-state index is 13.0. The molecule has 0 heterocycles. The molecule has 0 aliphatic rings. The summed E-state index contributed by atoms with van der Waals surface area (Å²) in [6, 6.07) is 13.8. The zero-order valence-corrected chi connectivity index (χ0v) is 14.1. The number of rotatable bonds is 10. The smallest absolute Gasteiger partial charge is 0.305 e. The Morgan fingerprint density at radius 2 is 1.73 bits per heavy atom. The van der Waals surface area contributed by atoms with Gasteiger partial charge in [-0.25, -0.2) is 4.39 Å². The molecule has 7 heteroatoms. The van der Waals surface area contributed by atoms with E-state index in [9.17, 15) is 14.0 Å². The van der Waals surface area contributed by atoms with Gasteiger partial charge in [-0.2, -0.15) is 0 Å². The topological polar surface area (TPSA) is 84.9 Å². The first-order valence-electron chi connectivity index (χ1n) is 8.07. The third-order valence-corrected chi connectivity index (χ3v) is 3.46. The van der Waals surface area contributed by atoms with Gasteiger partial charge >= 0.3 is 5.97 Å². The minimum atomic E-state index is -1.07. The van der Waals surface area contributed by atoms with Crippen LogP contribution in [0, 0.1) is 5.82 Å². The van der Waals surface area contributed by atoms with Crippen LogP contribution in [0.5, 0.6) is 5.75 Å². The highest BCUT2D eigenvalue weighted by Gasteiger charge is 2.18. The second kappa shape index (κ2) is 10.1. The number of ether oxygens (including phenoxy) is 2. The van der Waals surface area contributed by atoms with Crippen LogP contribution in [0.4, 0.5) is 4.39 Å². The van der Waals surface area contributed by atoms with E-state index in [1.165, 1.54) is 24.3 Å². The predicted molar refractivity (Wildman–Crippen MR) is 92.3 cm³/mol. The monoisotopic (exact) mass is 361 g/mol. The number of carboxylic acids is 1. The van der Waals surface area contributed by atoms with Gasteiger partial charge in [-0.05, 0) is 29.8 Å². The van der Waals surface area contributed by atoms with E-state index in [1.54, 1.807) is 0 Å². The molecule has 6 nitrogen and oxygen atoms in total. The molecule has 138 valence electrons. The Hall–Kier alpha value is -2.93. The van der Waals surface area contributed by atoms with Crippen molar-refractivity contribution in [2.45, 2.75) is 12.5 Å². The van der Waals surface area contributed by atoms with Gasteiger partial charge in [0, 0.05) is 0 Å². The summed E-state index contributed by atoms with van der Waals surface area (Å²) in [5.41, 5.74) is 0.509. The average molecular weight is 361 g/mol. The van der Waals surface area contributed by atoms with E-state index in [0.29, 0.717) is 11.3 Å². The first kappa shape index (κ1) is 19.4. The third kappa shape index (κ3) is 6.90. The lowest BCUT2D eigenvalue weighted by Gasteiger charge is -2.17. The van der Waals surface area contributed by atoms with Crippen molar-refractivity contribution in [2.24, 2.45) is 0 Å². The van der Waals surface area contributed by atoms with E-state index in [2.05, 4.69) is 5.32 Å². The number of benzene rings is 2. The van der Waals surface area contributed by atoms with Gasteiger partial charge in [0.2, 0.25) is 5.91 Å². The van der Waals surface area contributed by atoms with Crippen LogP contribution in [-0.4, -0.2) is 36.8 Å². The predicted octanol–water partition coefficient (Wildman–Crippen LogP) is 2.55. The van der Waals surface area contributed by atoms with E-state index < -0.39 is 23.7 Å². The first-order chi connectivity index (χ1) is 12.5. The second-order valence-electron chi connectivity index (χ2n) is 5.48. The van der Waals surface area contributed by atoms with Crippen LogP contribution in [-0.2, 0) is 14.3 Å². The van der Waals surface area contributed by atoms with Gasteiger partial charge in [0.25, 0.3) is 0 Å². The number of para-hydroxylation sites is 1. The fraction of sp³-hybridized carbons (Fsp3) is 0.263. The maximum Gasteiger partial charge on any atom is 0.305 e. The van der Waals surface area contributed by atoms with Crippen molar-refractivity contribution in [3.8, 4) is 5.75 Å². The van der Waals surface area contributed by atoms with Gasteiger partial charge in [0.1, 0.15) is 24.8 Å². The first-order valence-corrected chi connectivity index (χ1v) is 8.07. The van der Waals surface area contributed by atoms with Crippen LogP contribution < -0.4 is 10.1 Å². The van der Waals surface area contributed by atoms with Crippen molar-refractivity contribution in [2.75, 3.05) is 19.8 Å². The lowest BCUT2D eigenvalue weighted by Crippen LogP contribution is -2.33. The second-order valence-corrected chi connectivity index (χ2v) is 5.48. The molecule has 2 aromatic carbocycles. The third-order valence-electron chi connectivity index (χ3n) is 3.46. The van der Waals surface area contributed by atoms with Gasteiger partial charge < -0.3 is 19.9 Å². The summed E-state index contributed by atoms with van der Waals surface area (Å²) in [5, 5.41) is 11.6. The number of hydrogen-bond donors (Lipinski definition) is 2. The molecule has 0 aromatic heterocycles. The van der Waals surface area contributed by atoms with Crippen molar-refractivity contribution in [3.63, 3.8) is 0 Å². The largest absolute Gasteiger partial charge is 0.491 e. The van der Waals surface area contributed by atoms with Crippen LogP contribution >= 0.6 is 0 Å². The van der Waals surface area contributed by atoms with Gasteiger partial charge in [-0.1, -0.05) is 30.3 Å². The van der Waals surface area contributed by atoms with Crippen LogP contribution in [0.2, 0.25) is 0 Å². The van der Waals surface area contributed by atoms with Crippen LogP contribution in [0.15, 0.2) is 54.6 Å². The molecule has 0 aliphatic heterocycles. The Labute approximate surface area is 150 Å². The molecule has 2 N–H and O–H groups in total. The van der Waals surface area contributed by atoms with Crippen molar-refractivity contribution in [1.82, 2.24) is 5.32 Å². The summed E-state index contributed by atoms with van der Waals surface area (Å²) >= 11 is 0.